The molecular weight excluding hydrogens is 250 g/mol. The van der Waals surface area contributed by atoms with E-state index >= 15 is 0 Å². The SMILES string of the molecule is CC(Cc1ccco1)NCc1cc(Cl)ccc1O. The van der Waals surface area contributed by atoms with Gasteiger partial charge in [0.05, 0.1) is 6.26 Å². The molecule has 0 aliphatic rings. The molecule has 3 nitrogen and oxygen atoms in total. The number of nitrogens with one attached hydrogen (secondary N) is 1. The Morgan fingerprint density at radius 1 is 1.39 bits per heavy atom. The second-order valence-corrected chi connectivity index (χ2v) is 4.77. The predicted molar refractivity (Wildman–Crippen MR) is 71.8 cm³/mol. The van der Waals surface area contributed by atoms with Crippen molar-refractivity contribution < 1.29 is 9.52 Å². The molecule has 1 atom stereocenters. The van der Waals surface area contributed by atoms with Gasteiger partial charge in [-0.2, -0.15) is 0 Å². The summed E-state index contributed by atoms with van der Waals surface area (Å²) in [7, 11) is 0. The number of hydrogen-bond acceptors (Lipinski definition) is 3. The van der Waals surface area contributed by atoms with Crippen LogP contribution in [0.1, 0.15) is 18.2 Å². The number of benzene rings is 1. The summed E-state index contributed by atoms with van der Waals surface area (Å²) in [5.41, 5.74) is 0.800. The van der Waals surface area contributed by atoms with Crippen molar-refractivity contribution in [2.45, 2.75) is 25.9 Å². The first-order valence-electron chi connectivity index (χ1n) is 5.88. The van der Waals surface area contributed by atoms with Gasteiger partial charge in [-0.05, 0) is 37.3 Å². The molecule has 1 unspecified atom stereocenters. The molecule has 0 spiro atoms. The monoisotopic (exact) mass is 265 g/mol. The normalized spacial score (nSPS) is 12.6. The van der Waals surface area contributed by atoms with Crippen molar-refractivity contribution in [3.63, 3.8) is 0 Å². The van der Waals surface area contributed by atoms with Gasteiger partial charge >= 0.3 is 0 Å². The molecule has 0 saturated heterocycles. The topological polar surface area (TPSA) is 45.4 Å². The van der Waals surface area contributed by atoms with Gasteiger partial charge in [-0.25, -0.2) is 0 Å². The number of phenolic OH excluding ortho intramolecular Hbond substituents is 1. The summed E-state index contributed by atoms with van der Waals surface area (Å²) in [6.45, 7) is 2.65. The molecule has 0 amide bonds. The summed E-state index contributed by atoms with van der Waals surface area (Å²) in [5.74, 6) is 1.21. The van der Waals surface area contributed by atoms with Crippen LogP contribution in [0.5, 0.6) is 5.75 Å². The zero-order valence-electron chi connectivity index (χ0n) is 10.2. The van der Waals surface area contributed by atoms with Gasteiger partial charge in [0.2, 0.25) is 0 Å². The maximum Gasteiger partial charge on any atom is 0.120 e. The fourth-order valence-electron chi connectivity index (χ4n) is 1.78. The van der Waals surface area contributed by atoms with Gasteiger partial charge in [0.25, 0.3) is 0 Å². The summed E-state index contributed by atoms with van der Waals surface area (Å²) in [5, 5.41) is 13.6. The molecular formula is C14H16ClNO2. The Bertz CT molecular complexity index is 497. The van der Waals surface area contributed by atoms with Crippen LogP contribution in [0.3, 0.4) is 0 Å². The lowest BCUT2D eigenvalue weighted by atomic mass is 10.1. The Balaban J connectivity index is 1.89. The number of phenols is 1. The third-order valence-corrected chi connectivity index (χ3v) is 3.01. The second-order valence-electron chi connectivity index (χ2n) is 4.34. The average molecular weight is 266 g/mol. The zero-order valence-corrected chi connectivity index (χ0v) is 10.9. The van der Waals surface area contributed by atoms with Gasteiger partial charge in [-0.15, -0.1) is 0 Å². The summed E-state index contributed by atoms with van der Waals surface area (Å²) in [4.78, 5) is 0. The molecule has 1 aromatic heterocycles. The van der Waals surface area contributed by atoms with Gasteiger partial charge in [0.1, 0.15) is 11.5 Å². The van der Waals surface area contributed by atoms with Crippen LogP contribution >= 0.6 is 11.6 Å². The van der Waals surface area contributed by atoms with Gasteiger partial charge < -0.3 is 14.8 Å². The van der Waals surface area contributed by atoms with Crippen molar-refractivity contribution in [3.05, 3.63) is 52.9 Å². The molecule has 96 valence electrons. The molecule has 0 aliphatic carbocycles. The maximum absolute atomic E-state index is 9.69. The highest BCUT2D eigenvalue weighted by Crippen LogP contribution is 2.21. The fraction of sp³-hybridized carbons (Fsp3) is 0.286. The van der Waals surface area contributed by atoms with Crippen LogP contribution in [0, 0.1) is 0 Å². The Kier molecular flexibility index (Phi) is 4.28. The Morgan fingerprint density at radius 3 is 2.94 bits per heavy atom. The number of rotatable bonds is 5. The van der Waals surface area contributed by atoms with E-state index in [0.717, 1.165) is 17.7 Å². The van der Waals surface area contributed by atoms with E-state index in [4.69, 9.17) is 16.0 Å². The number of aromatic hydroxyl groups is 1. The average Bonchev–Trinajstić information content (AvgIpc) is 2.83. The molecule has 0 saturated carbocycles. The first-order chi connectivity index (χ1) is 8.65. The second kappa shape index (κ2) is 5.94. The van der Waals surface area contributed by atoms with Crippen LogP contribution in [0.2, 0.25) is 5.02 Å². The lowest BCUT2D eigenvalue weighted by Gasteiger charge is -2.13. The summed E-state index contributed by atoms with van der Waals surface area (Å²) < 4.78 is 5.29. The van der Waals surface area contributed by atoms with Crippen molar-refractivity contribution in [2.75, 3.05) is 0 Å². The van der Waals surface area contributed by atoms with Crippen LogP contribution in [0.4, 0.5) is 0 Å². The maximum atomic E-state index is 9.69. The van der Waals surface area contributed by atoms with Crippen molar-refractivity contribution in [3.8, 4) is 5.75 Å². The van der Waals surface area contributed by atoms with E-state index in [-0.39, 0.29) is 11.8 Å². The van der Waals surface area contributed by atoms with Gasteiger partial charge in [-0.3, -0.25) is 0 Å². The minimum absolute atomic E-state index is 0.259. The zero-order chi connectivity index (χ0) is 13.0. The van der Waals surface area contributed by atoms with Crippen molar-refractivity contribution in [1.82, 2.24) is 5.32 Å². The fourth-order valence-corrected chi connectivity index (χ4v) is 1.98. The Hall–Kier alpha value is -1.45. The summed E-state index contributed by atoms with van der Waals surface area (Å²) >= 11 is 5.89. The van der Waals surface area contributed by atoms with E-state index in [0.29, 0.717) is 11.6 Å². The first kappa shape index (κ1) is 13.0. The number of halogens is 1. The highest BCUT2D eigenvalue weighted by molar-refractivity contribution is 6.30. The standard InChI is InChI=1S/C14H16ClNO2/c1-10(7-13-3-2-6-18-13)16-9-11-8-12(15)4-5-14(11)17/h2-6,8,10,16-17H,7,9H2,1H3. The first-order valence-corrected chi connectivity index (χ1v) is 6.26. The van der Waals surface area contributed by atoms with E-state index in [2.05, 4.69) is 12.2 Å². The molecule has 1 heterocycles. The van der Waals surface area contributed by atoms with Crippen LogP contribution in [-0.4, -0.2) is 11.1 Å². The van der Waals surface area contributed by atoms with Crippen molar-refractivity contribution in [2.24, 2.45) is 0 Å². The number of hydrogen-bond donors (Lipinski definition) is 2. The molecule has 0 radical (unpaired) electrons. The van der Waals surface area contributed by atoms with E-state index < -0.39 is 0 Å². The van der Waals surface area contributed by atoms with Gasteiger partial charge in [-0.1, -0.05) is 11.6 Å². The van der Waals surface area contributed by atoms with Crippen molar-refractivity contribution in [1.29, 1.82) is 0 Å². The summed E-state index contributed by atoms with van der Waals surface area (Å²) in [6, 6.07) is 9.14. The molecule has 2 N–H and O–H groups in total. The van der Waals surface area contributed by atoms with E-state index in [9.17, 15) is 5.11 Å². The summed E-state index contributed by atoms with van der Waals surface area (Å²) in [6.07, 6.45) is 2.49. The minimum Gasteiger partial charge on any atom is -0.508 e. The molecule has 0 bridgehead atoms. The third-order valence-electron chi connectivity index (χ3n) is 2.77. The van der Waals surface area contributed by atoms with Crippen LogP contribution < -0.4 is 5.32 Å². The Morgan fingerprint density at radius 2 is 2.22 bits per heavy atom. The molecule has 1 aromatic carbocycles. The van der Waals surface area contributed by atoms with E-state index in [1.807, 2.05) is 12.1 Å². The van der Waals surface area contributed by atoms with E-state index in [1.54, 1.807) is 24.5 Å². The Labute approximate surface area is 111 Å². The quantitative estimate of drug-likeness (QED) is 0.871. The molecule has 2 rings (SSSR count). The minimum atomic E-state index is 0.259. The van der Waals surface area contributed by atoms with Crippen LogP contribution in [0.15, 0.2) is 41.0 Å². The molecule has 0 aliphatic heterocycles. The molecule has 18 heavy (non-hydrogen) atoms. The molecule has 0 fully saturated rings. The smallest absolute Gasteiger partial charge is 0.120 e. The number of furan rings is 1. The van der Waals surface area contributed by atoms with Crippen LogP contribution in [0.25, 0.3) is 0 Å². The highest BCUT2D eigenvalue weighted by atomic mass is 35.5. The lowest BCUT2D eigenvalue weighted by Crippen LogP contribution is -2.27. The predicted octanol–water partition coefficient (Wildman–Crippen LogP) is 3.36. The molecule has 2 aromatic rings. The van der Waals surface area contributed by atoms with Crippen LogP contribution in [-0.2, 0) is 13.0 Å². The van der Waals surface area contributed by atoms with E-state index in [1.165, 1.54) is 0 Å². The largest absolute Gasteiger partial charge is 0.508 e. The van der Waals surface area contributed by atoms with Crippen molar-refractivity contribution >= 4 is 11.6 Å². The van der Waals surface area contributed by atoms with Gasteiger partial charge in [0.15, 0.2) is 0 Å². The third kappa shape index (κ3) is 3.52. The van der Waals surface area contributed by atoms with Gasteiger partial charge in [0, 0.05) is 29.6 Å². The molecule has 4 heteroatoms. The lowest BCUT2D eigenvalue weighted by molar-refractivity contribution is 0.442. The highest BCUT2D eigenvalue weighted by Gasteiger charge is 2.07.